The molecule has 1 N–H and O–H groups in total. The van der Waals surface area contributed by atoms with Crippen LogP contribution in [0, 0.1) is 17.8 Å². The molecule has 0 saturated heterocycles. The number of hydrogen-bond donors (Lipinski definition) is 1. The highest BCUT2D eigenvalue weighted by atomic mass is 16.3. The van der Waals surface area contributed by atoms with Gasteiger partial charge in [-0.05, 0) is 17.8 Å². The fourth-order valence-corrected chi connectivity index (χ4v) is 3.06. The molecule has 0 aromatic heterocycles. The maximum atomic E-state index is 9.73. The van der Waals surface area contributed by atoms with Gasteiger partial charge in [-0.2, -0.15) is 0 Å². The Morgan fingerprint density at radius 2 is 1.18 bits per heavy atom. The van der Waals surface area contributed by atoms with Gasteiger partial charge in [-0.1, -0.05) is 79.1 Å². The van der Waals surface area contributed by atoms with E-state index in [1.807, 2.05) is 0 Å². The highest BCUT2D eigenvalue weighted by Gasteiger charge is 2.25. The van der Waals surface area contributed by atoms with Gasteiger partial charge in [0.05, 0.1) is 0 Å². The van der Waals surface area contributed by atoms with Crippen molar-refractivity contribution in [3.63, 3.8) is 0 Å². The lowest BCUT2D eigenvalue weighted by atomic mass is 9.75. The smallest absolute Gasteiger partial charge is 0.0464 e. The number of rotatable bonds is 11. The molecule has 0 rings (SSSR count). The Morgan fingerprint density at radius 3 is 1.41 bits per heavy atom. The van der Waals surface area contributed by atoms with Crippen LogP contribution in [-0.4, -0.2) is 11.7 Å². The fourth-order valence-electron chi connectivity index (χ4n) is 3.06. The van der Waals surface area contributed by atoms with E-state index < -0.39 is 0 Å². The minimum atomic E-state index is 0.393. The average molecular weight is 242 g/mol. The molecule has 0 heterocycles. The van der Waals surface area contributed by atoms with Gasteiger partial charge in [0.1, 0.15) is 0 Å². The van der Waals surface area contributed by atoms with Crippen LogP contribution in [0.5, 0.6) is 0 Å². The predicted octanol–water partition coefficient (Wildman–Crippen LogP) is 5.03. The summed E-state index contributed by atoms with van der Waals surface area (Å²) in [7, 11) is 0. The highest BCUT2D eigenvalue weighted by Crippen LogP contribution is 2.32. The van der Waals surface area contributed by atoms with Gasteiger partial charge in [-0.3, -0.25) is 0 Å². The molecule has 1 nitrogen and oxygen atoms in total. The molecule has 0 radical (unpaired) electrons. The van der Waals surface area contributed by atoms with Gasteiger partial charge in [0.2, 0.25) is 0 Å². The van der Waals surface area contributed by atoms with Crippen LogP contribution in [0.1, 0.15) is 79.1 Å². The number of aliphatic hydroxyl groups excluding tert-OH is 1. The summed E-state index contributed by atoms with van der Waals surface area (Å²) < 4.78 is 0. The lowest BCUT2D eigenvalue weighted by molar-refractivity contribution is 0.102. The van der Waals surface area contributed by atoms with Gasteiger partial charge in [0, 0.05) is 6.61 Å². The maximum absolute atomic E-state index is 9.73. The zero-order valence-corrected chi connectivity index (χ0v) is 12.5. The maximum Gasteiger partial charge on any atom is 0.0464 e. The van der Waals surface area contributed by atoms with Crippen molar-refractivity contribution in [2.24, 2.45) is 17.8 Å². The van der Waals surface area contributed by atoms with Crippen molar-refractivity contribution in [2.45, 2.75) is 79.1 Å². The van der Waals surface area contributed by atoms with Crippen LogP contribution in [0.15, 0.2) is 0 Å². The molecule has 17 heavy (non-hydrogen) atoms. The van der Waals surface area contributed by atoms with E-state index in [1.165, 1.54) is 51.4 Å². The first-order chi connectivity index (χ1) is 8.24. The molecule has 0 aliphatic heterocycles. The van der Waals surface area contributed by atoms with Gasteiger partial charge in [-0.15, -0.1) is 0 Å². The lowest BCUT2D eigenvalue weighted by Gasteiger charge is -2.32. The molecule has 0 aliphatic carbocycles. The Balaban J connectivity index is 4.38. The van der Waals surface area contributed by atoms with Gasteiger partial charge in [-0.25, -0.2) is 0 Å². The van der Waals surface area contributed by atoms with Crippen LogP contribution < -0.4 is 0 Å². The highest BCUT2D eigenvalue weighted by molar-refractivity contribution is 4.75. The van der Waals surface area contributed by atoms with Crippen molar-refractivity contribution in [2.75, 3.05) is 6.61 Å². The third-order valence-corrected chi connectivity index (χ3v) is 4.33. The summed E-state index contributed by atoms with van der Waals surface area (Å²) in [6.45, 7) is 9.49. The summed E-state index contributed by atoms with van der Waals surface area (Å²) in [6.07, 6.45) is 10.3. The first-order valence-electron chi connectivity index (χ1n) is 7.85. The van der Waals surface area contributed by atoms with E-state index in [2.05, 4.69) is 27.7 Å². The molecule has 0 aromatic rings. The first kappa shape index (κ1) is 17.0. The molecule has 0 bridgehead atoms. The molecule has 104 valence electrons. The van der Waals surface area contributed by atoms with Gasteiger partial charge in [0.15, 0.2) is 0 Å². The van der Waals surface area contributed by atoms with E-state index in [-0.39, 0.29) is 0 Å². The molecule has 0 aliphatic rings. The molecule has 0 amide bonds. The Morgan fingerprint density at radius 1 is 0.765 bits per heavy atom. The van der Waals surface area contributed by atoms with Crippen molar-refractivity contribution < 1.29 is 5.11 Å². The first-order valence-corrected chi connectivity index (χ1v) is 7.85. The second kappa shape index (κ2) is 11.1. The van der Waals surface area contributed by atoms with Gasteiger partial charge < -0.3 is 5.11 Å². The standard InChI is InChI=1S/C16H34O/c1-5-9-11-14(7-3)16(13-17)15(8-4)12-10-6-2/h14-17H,5-13H2,1-4H3. The molecule has 0 fully saturated rings. The third-order valence-electron chi connectivity index (χ3n) is 4.33. The topological polar surface area (TPSA) is 20.2 Å². The van der Waals surface area contributed by atoms with Gasteiger partial charge in [0.25, 0.3) is 0 Å². The monoisotopic (exact) mass is 242 g/mol. The Bertz CT molecular complexity index is 140. The number of hydrogen-bond acceptors (Lipinski definition) is 1. The van der Waals surface area contributed by atoms with E-state index in [0.29, 0.717) is 12.5 Å². The quantitative estimate of drug-likeness (QED) is 0.539. The summed E-state index contributed by atoms with van der Waals surface area (Å²) in [6, 6.07) is 0. The summed E-state index contributed by atoms with van der Waals surface area (Å²) in [4.78, 5) is 0. The summed E-state index contributed by atoms with van der Waals surface area (Å²) in [5.41, 5.74) is 0. The molecular weight excluding hydrogens is 208 g/mol. The van der Waals surface area contributed by atoms with Crippen LogP contribution in [0.4, 0.5) is 0 Å². The zero-order chi connectivity index (χ0) is 13.1. The molecule has 0 spiro atoms. The summed E-state index contributed by atoms with van der Waals surface area (Å²) >= 11 is 0. The van der Waals surface area contributed by atoms with Crippen molar-refractivity contribution in [3.8, 4) is 0 Å². The Hall–Kier alpha value is -0.0400. The van der Waals surface area contributed by atoms with Crippen molar-refractivity contribution in [3.05, 3.63) is 0 Å². The van der Waals surface area contributed by atoms with Crippen molar-refractivity contribution in [1.82, 2.24) is 0 Å². The minimum absolute atomic E-state index is 0.393. The molecule has 0 aromatic carbocycles. The van der Waals surface area contributed by atoms with Crippen LogP contribution in [-0.2, 0) is 0 Å². The normalized spacial score (nSPS) is 16.8. The van der Waals surface area contributed by atoms with Crippen LogP contribution in [0.3, 0.4) is 0 Å². The fraction of sp³-hybridized carbons (Fsp3) is 1.00. The average Bonchev–Trinajstić information content (AvgIpc) is 2.37. The number of unbranched alkanes of at least 4 members (excludes halogenated alkanes) is 2. The SMILES string of the molecule is CCCCC(CC)C(CO)C(CC)CCCC. The van der Waals surface area contributed by atoms with E-state index in [4.69, 9.17) is 0 Å². The molecule has 2 atom stereocenters. The second-order valence-corrected chi connectivity index (χ2v) is 5.47. The lowest BCUT2D eigenvalue weighted by Crippen LogP contribution is -2.26. The second-order valence-electron chi connectivity index (χ2n) is 5.47. The van der Waals surface area contributed by atoms with Crippen molar-refractivity contribution >= 4 is 0 Å². The summed E-state index contributed by atoms with van der Waals surface area (Å²) in [5.74, 6) is 2.02. The Labute approximate surface area is 109 Å². The molecule has 0 saturated carbocycles. The van der Waals surface area contributed by atoms with E-state index in [9.17, 15) is 5.11 Å². The number of aliphatic hydroxyl groups is 1. The zero-order valence-electron chi connectivity index (χ0n) is 12.5. The van der Waals surface area contributed by atoms with Crippen LogP contribution >= 0.6 is 0 Å². The third kappa shape index (κ3) is 6.45. The molecular formula is C16H34O. The van der Waals surface area contributed by atoms with Crippen molar-refractivity contribution in [1.29, 1.82) is 0 Å². The minimum Gasteiger partial charge on any atom is -0.396 e. The van der Waals surface area contributed by atoms with E-state index in [0.717, 1.165) is 11.8 Å². The van der Waals surface area contributed by atoms with Crippen LogP contribution in [0.25, 0.3) is 0 Å². The largest absolute Gasteiger partial charge is 0.396 e. The van der Waals surface area contributed by atoms with E-state index >= 15 is 0 Å². The van der Waals surface area contributed by atoms with Crippen LogP contribution in [0.2, 0.25) is 0 Å². The molecule has 2 unspecified atom stereocenters. The Kier molecular flexibility index (Phi) is 11.0. The van der Waals surface area contributed by atoms with Gasteiger partial charge >= 0.3 is 0 Å². The molecule has 1 heteroatoms. The predicted molar refractivity (Wildman–Crippen MR) is 77.2 cm³/mol. The summed E-state index contributed by atoms with van der Waals surface area (Å²) in [5, 5.41) is 9.73. The van der Waals surface area contributed by atoms with E-state index in [1.54, 1.807) is 0 Å².